The van der Waals surface area contributed by atoms with E-state index in [0.717, 1.165) is 5.57 Å². The average molecular weight is 332 g/mol. The van der Waals surface area contributed by atoms with Crippen LogP contribution in [0.4, 0.5) is 0 Å². The maximum atomic E-state index is 13.2. The maximum absolute atomic E-state index is 13.2. The Morgan fingerprint density at radius 2 is 1.96 bits per heavy atom. The number of carbonyl (C=O) groups is 3. The van der Waals surface area contributed by atoms with E-state index in [4.69, 9.17) is 9.47 Å². The smallest absolute Gasteiger partial charge is 0.313 e. The van der Waals surface area contributed by atoms with Gasteiger partial charge in [0.05, 0.1) is 18.1 Å². The van der Waals surface area contributed by atoms with E-state index in [0.29, 0.717) is 0 Å². The molecule has 1 spiro atoms. The Labute approximate surface area is 139 Å². The molecule has 6 heteroatoms. The van der Waals surface area contributed by atoms with Crippen LogP contribution in [0.1, 0.15) is 27.2 Å². The van der Waals surface area contributed by atoms with Gasteiger partial charge in [-0.2, -0.15) is 0 Å². The molecule has 2 heterocycles. The molecule has 5 aliphatic rings. The van der Waals surface area contributed by atoms with Crippen LogP contribution >= 0.6 is 0 Å². The van der Waals surface area contributed by atoms with E-state index in [-0.39, 0.29) is 30.5 Å². The van der Waals surface area contributed by atoms with Crippen molar-refractivity contribution in [3.05, 3.63) is 11.6 Å². The summed E-state index contributed by atoms with van der Waals surface area (Å²) in [5, 5.41) is 11.1. The van der Waals surface area contributed by atoms with Crippen LogP contribution in [0.2, 0.25) is 0 Å². The molecule has 4 bridgehead atoms. The Balaban J connectivity index is 1.78. The molecule has 2 saturated carbocycles. The quantitative estimate of drug-likeness (QED) is 0.647. The van der Waals surface area contributed by atoms with E-state index in [1.165, 1.54) is 0 Å². The third kappa shape index (κ3) is 1.17. The minimum atomic E-state index is -1.16. The first-order chi connectivity index (χ1) is 11.2. The molecule has 0 unspecified atom stereocenters. The second-order valence-electron chi connectivity index (χ2n) is 8.49. The van der Waals surface area contributed by atoms with Crippen LogP contribution < -0.4 is 0 Å². The zero-order valence-corrected chi connectivity index (χ0v) is 13.9. The minimum Gasteiger partial charge on any atom is -0.456 e. The van der Waals surface area contributed by atoms with Gasteiger partial charge in [0.2, 0.25) is 0 Å². The number of hydrogen-bond donors (Lipinski definition) is 1. The lowest BCUT2D eigenvalue weighted by atomic mass is 9.42. The first kappa shape index (κ1) is 14.8. The predicted molar refractivity (Wildman–Crippen MR) is 79.6 cm³/mol. The van der Waals surface area contributed by atoms with Gasteiger partial charge in [0.25, 0.3) is 0 Å². The number of esters is 1. The van der Waals surface area contributed by atoms with Gasteiger partial charge in [-0.25, -0.2) is 0 Å². The van der Waals surface area contributed by atoms with Crippen LogP contribution in [0.5, 0.6) is 0 Å². The molecule has 1 N–H and O–H groups in total. The molecule has 2 aliphatic heterocycles. The van der Waals surface area contributed by atoms with Crippen molar-refractivity contribution in [2.45, 2.75) is 45.0 Å². The number of aliphatic hydroxyl groups excluding tert-OH is 1. The summed E-state index contributed by atoms with van der Waals surface area (Å²) in [7, 11) is 0. The molecule has 0 radical (unpaired) electrons. The fourth-order valence-corrected chi connectivity index (χ4v) is 6.64. The van der Waals surface area contributed by atoms with E-state index >= 15 is 0 Å². The molecular weight excluding hydrogens is 312 g/mol. The summed E-state index contributed by atoms with van der Waals surface area (Å²) < 4.78 is 11.4. The lowest BCUT2D eigenvalue weighted by Crippen LogP contribution is -2.69. The number of carbonyl (C=O) groups excluding carboxylic acids is 3. The Morgan fingerprint density at radius 1 is 1.25 bits per heavy atom. The van der Waals surface area contributed by atoms with Gasteiger partial charge in [-0.1, -0.05) is 12.5 Å². The molecular formula is C18H20O6. The molecule has 0 aromatic rings. The fourth-order valence-electron chi connectivity index (χ4n) is 6.64. The molecule has 6 nitrogen and oxygen atoms in total. The monoisotopic (exact) mass is 332 g/mol. The van der Waals surface area contributed by atoms with Crippen molar-refractivity contribution in [3.63, 3.8) is 0 Å². The Kier molecular flexibility index (Phi) is 2.36. The van der Waals surface area contributed by atoms with Crippen LogP contribution in [0.15, 0.2) is 11.6 Å². The summed E-state index contributed by atoms with van der Waals surface area (Å²) in [6.45, 7) is 5.51. The number of rotatable bonds is 0. The van der Waals surface area contributed by atoms with Gasteiger partial charge in [-0.05, 0) is 25.8 Å². The second-order valence-corrected chi connectivity index (χ2v) is 8.49. The molecule has 8 atom stereocenters. The SMILES string of the molecule is CC1=CC(=O)[C@@]2(C)[C@@H]1CC(=O)[C@@]13CO[C@@]4(C)[C@@H](OC(=O)[C@@H]41)[C@H](O)[C@H]23. The van der Waals surface area contributed by atoms with Gasteiger partial charge in [-0.15, -0.1) is 0 Å². The summed E-state index contributed by atoms with van der Waals surface area (Å²) in [5.74, 6) is -2.24. The molecule has 2 saturated heterocycles. The van der Waals surface area contributed by atoms with Crippen LogP contribution in [-0.4, -0.2) is 47.1 Å². The van der Waals surface area contributed by atoms with Crippen LogP contribution in [0.25, 0.3) is 0 Å². The average Bonchev–Trinajstić information content (AvgIpc) is 2.97. The minimum absolute atomic E-state index is 0.0664. The zero-order chi connectivity index (χ0) is 17.2. The van der Waals surface area contributed by atoms with Crippen molar-refractivity contribution >= 4 is 17.5 Å². The highest BCUT2D eigenvalue weighted by Crippen LogP contribution is 2.70. The number of allylic oxidation sites excluding steroid dienone is 2. The van der Waals surface area contributed by atoms with Crippen molar-refractivity contribution in [2.24, 2.45) is 28.6 Å². The number of Topliss-reactive ketones (excluding diaryl/α,β-unsaturated/α-hetero) is 1. The third-order valence-corrected chi connectivity index (χ3v) is 7.68. The number of ketones is 2. The molecule has 0 amide bonds. The highest BCUT2D eigenvalue weighted by atomic mass is 16.6. The summed E-state index contributed by atoms with van der Waals surface area (Å²) >= 11 is 0. The predicted octanol–water partition coefficient (Wildman–Crippen LogP) is 0.418. The molecule has 5 rings (SSSR count). The normalized spacial score (nSPS) is 57.6. The van der Waals surface area contributed by atoms with E-state index < -0.39 is 46.4 Å². The van der Waals surface area contributed by atoms with Gasteiger partial charge >= 0.3 is 5.97 Å². The number of ether oxygens (including phenoxy) is 2. The van der Waals surface area contributed by atoms with Gasteiger partial charge in [0, 0.05) is 17.8 Å². The van der Waals surface area contributed by atoms with Crippen molar-refractivity contribution < 1.29 is 29.0 Å². The highest BCUT2D eigenvalue weighted by molar-refractivity contribution is 6.04. The Bertz CT molecular complexity index is 755. The van der Waals surface area contributed by atoms with Crippen LogP contribution in [-0.2, 0) is 23.9 Å². The Morgan fingerprint density at radius 3 is 2.67 bits per heavy atom. The summed E-state index contributed by atoms with van der Waals surface area (Å²) in [6.07, 6.45) is -0.104. The third-order valence-electron chi connectivity index (χ3n) is 7.68. The van der Waals surface area contributed by atoms with Gasteiger partial charge < -0.3 is 14.6 Å². The zero-order valence-electron chi connectivity index (χ0n) is 13.9. The van der Waals surface area contributed by atoms with Gasteiger partial charge in [-0.3, -0.25) is 14.4 Å². The van der Waals surface area contributed by atoms with Crippen molar-refractivity contribution in [1.29, 1.82) is 0 Å². The molecule has 128 valence electrons. The van der Waals surface area contributed by atoms with E-state index in [2.05, 4.69) is 0 Å². The van der Waals surface area contributed by atoms with Gasteiger partial charge in [0.1, 0.15) is 17.3 Å². The number of fused-ring (bicyclic) bond motifs is 2. The van der Waals surface area contributed by atoms with Crippen LogP contribution in [0, 0.1) is 28.6 Å². The molecule has 3 aliphatic carbocycles. The van der Waals surface area contributed by atoms with Crippen molar-refractivity contribution in [1.82, 2.24) is 0 Å². The largest absolute Gasteiger partial charge is 0.456 e. The van der Waals surface area contributed by atoms with Crippen molar-refractivity contribution in [3.8, 4) is 0 Å². The molecule has 0 aromatic heterocycles. The van der Waals surface area contributed by atoms with E-state index in [1.807, 2.05) is 13.8 Å². The second kappa shape index (κ2) is 3.83. The number of aliphatic hydroxyl groups is 1. The molecule has 24 heavy (non-hydrogen) atoms. The first-order valence-corrected chi connectivity index (χ1v) is 8.47. The standard InChI is InChI=1S/C18H20O6/c1-7-4-9(19)16(2)8(7)5-10(20)18-6-23-17(3)13(18)15(22)24-14(17)11(21)12(16)18/h4,8,11-14,21H,5-6H2,1-3H3/t8-,11-,12-,13+,14+,16-,17-,18-/m1/s1. The van der Waals surface area contributed by atoms with Crippen molar-refractivity contribution in [2.75, 3.05) is 6.61 Å². The van der Waals surface area contributed by atoms with Gasteiger partial charge in [0.15, 0.2) is 11.9 Å². The highest BCUT2D eigenvalue weighted by Gasteiger charge is 2.83. The summed E-state index contributed by atoms with van der Waals surface area (Å²) in [6, 6.07) is 0. The number of hydrogen-bond acceptors (Lipinski definition) is 6. The van der Waals surface area contributed by atoms with E-state index in [9.17, 15) is 19.5 Å². The summed E-state index contributed by atoms with van der Waals surface area (Å²) in [5.41, 5.74) is -2.16. The van der Waals surface area contributed by atoms with Crippen LogP contribution in [0.3, 0.4) is 0 Å². The lowest BCUT2D eigenvalue weighted by Gasteiger charge is -2.56. The molecule has 4 fully saturated rings. The first-order valence-electron chi connectivity index (χ1n) is 8.47. The van der Waals surface area contributed by atoms with E-state index in [1.54, 1.807) is 13.0 Å². The fraction of sp³-hybridized carbons (Fsp3) is 0.722. The maximum Gasteiger partial charge on any atom is 0.313 e. The molecule has 0 aromatic carbocycles. The topological polar surface area (TPSA) is 89.9 Å². The summed E-state index contributed by atoms with van der Waals surface area (Å²) in [4.78, 5) is 38.6. The lowest BCUT2D eigenvalue weighted by molar-refractivity contribution is -0.183. The Hall–Kier alpha value is -1.53.